The molecule has 2 aromatic rings. The van der Waals surface area contributed by atoms with Crippen molar-refractivity contribution in [1.29, 1.82) is 0 Å². The fraction of sp³-hybridized carbons (Fsp3) is 0.250. The molecule has 0 radical (unpaired) electrons. The van der Waals surface area contributed by atoms with Crippen LogP contribution in [0.5, 0.6) is 0 Å². The quantitative estimate of drug-likeness (QED) is 0.877. The molecule has 20 heavy (non-hydrogen) atoms. The van der Waals surface area contributed by atoms with Crippen LogP contribution in [0.15, 0.2) is 22.2 Å². The second-order valence-corrected chi connectivity index (χ2v) is 6.63. The molecule has 0 aliphatic carbocycles. The third-order valence-electron chi connectivity index (χ3n) is 2.66. The Bertz CT molecular complexity index is 645. The zero-order valence-corrected chi connectivity index (χ0v) is 13.2. The molecule has 1 atom stereocenters. The van der Waals surface area contributed by atoms with E-state index in [1.807, 2.05) is 6.92 Å². The minimum Gasteiger partial charge on any atom is -0.479 e. The fourth-order valence-corrected chi connectivity index (χ4v) is 3.09. The standard InChI is InChI=1S/C12H12BrN3O3S/c1-6-3-8(20-10(6)13)11(17)15-9(12(18)19)7-4-14-16(2)5-7/h3-5,9H,1-2H3,(H,15,17)(H,18,19). The van der Waals surface area contributed by atoms with Gasteiger partial charge in [-0.2, -0.15) is 5.10 Å². The number of rotatable bonds is 4. The highest BCUT2D eigenvalue weighted by molar-refractivity contribution is 9.11. The lowest BCUT2D eigenvalue weighted by Crippen LogP contribution is -2.33. The molecule has 106 valence electrons. The average Bonchev–Trinajstić information content (AvgIpc) is 2.93. The number of aliphatic carboxylic acids is 1. The predicted octanol–water partition coefficient (Wildman–Crippen LogP) is 2.11. The summed E-state index contributed by atoms with van der Waals surface area (Å²) in [7, 11) is 1.68. The van der Waals surface area contributed by atoms with E-state index in [4.69, 9.17) is 0 Å². The molecule has 0 aromatic carbocycles. The fourth-order valence-electron chi connectivity index (χ4n) is 1.65. The minimum absolute atomic E-state index is 0.417. The Balaban J connectivity index is 2.20. The Labute approximate surface area is 127 Å². The van der Waals surface area contributed by atoms with Gasteiger partial charge in [0.15, 0.2) is 6.04 Å². The molecule has 0 aliphatic rings. The number of hydrogen-bond acceptors (Lipinski definition) is 4. The van der Waals surface area contributed by atoms with Crippen molar-refractivity contribution < 1.29 is 14.7 Å². The SMILES string of the molecule is Cc1cc(C(=O)NC(C(=O)O)c2cnn(C)c2)sc1Br. The molecule has 0 bridgehead atoms. The molecule has 0 saturated carbocycles. The highest BCUT2D eigenvalue weighted by Crippen LogP contribution is 2.27. The van der Waals surface area contributed by atoms with Gasteiger partial charge >= 0.3 is 5.97 Å². The van der Waals surface area contributed by atoms with Crippen LogP contribution in [0.25, 0.3) is 0 Å². The molecule has 1 unspecified atom stereocenters. The van der Waals surface area contributed by atoms with Crippen molar-refractivity contribution in [3.05, 3.63) is 38.3 Å². The van der Waals surface area contributed by atoms with Gasteiger partial charge in [0.2, 0.25) is 0 Å². The van der Waals surface area contributed by atoms with Crippen LogP contribution >= 0.6 is 27.3 Å². The van der Waals surface area contributed by atoms with Crippen LogP contribution in [0, 0.1) is 6.92 Å². The molecule has 2 heterocycles. The van der Waals surface area contributed by atoms with E-state index >= 15 is 0 Å². The van der Waals surface area contributed by atoms with E-state index in [1.54, 1.807) is 19.3 Å². The highest BCUT2D eigenvalue weighted by atomic mass is 79.9. The first-order valence-corrected chi connectivity index (χ1v) is 7.27. The molecule has 2 N–H and O–H groups in total. The maximum Gasteiger partial charge on any atom is 0.331 e. The molecule has 6 nitrogen and oxygen atoms in total. The lowest BCUT2D eigenvalue weighted by Gasteiger charge is -2.11. The van der Waals surface area contributed by atoms with Crippen LogP contribution in [-0.2, 0) is 11.8 Å². The van der Waals surface area contributed by atoms with Crippen molar-refractivity contribution in [2.75, 3.05) is 0 Å². The zero-order valence-electron chi connectivity index (χ0n) is 10.8. The summed E-state index contributed by atoms with van der Waals surface area (Å²) in [5.74, 6) is -1.54. The van der Waals surface area contributed by atoms with Crippen LogP contribution in [0.4, 0.5) is 0 Å². The number of nitrogens with one attached hydrogen (secondary N) is 1. The summed E-state index contributed by atoms with van der Waals surface area (Å²) in [4.78, 5) is 23.8. The minimum atomic E-state index is -1.13. The van der Waals surface area contributed by atoms with Crippen molar-refractivity contribution in [2.24, 2.45) is 7.05 Å². The molecule has 1 amide bonds. The van der Waals surface area contributed by atoms with Gasteiger partial charge in [0.1, 0.15) is 0 Å². The van der Waals surface area contributed by atoms with E-state index < -0.39 is 17.9 Å². The number of carboxylic acids is 1. The van der Waals surface area contributed by atoms with E-state index in [1.165, 1.54) is 22.2 Å². The number of nitrogens with zero attached hydrogens (tertiary/aromatic N) is 2. The molecule has 0 saturated heterocycles. The van der Waals surface area contributed by atoms with Crippen molar-refractivity contribution >= 4 is 39.1 Å². The van der Waals surface area contributed by atoms with Crippen LogP contribution < -0.4 is 5.32 Å². The molecular formula is C12H12BrN3O3S. The Morgan fingerprint density at radius 3 is 2.70 bits per heavy atom. The van der Waals surface area contributed by atoms with Crippen molar-refractivity contribution in [3.63, 3.8) is 0 Å². The highest BCUT2D eigenvalue weighted by Gasteiger charge is 2.24. The Morgan fingerprint density at radius 2 is 2.25 bits per heavy atom. The second kappa shape index (κ2) is 5.76. The van der Waals surface area contributed by atoms with E-state index in [0.29, 0.717) is 10.4 Å². The molecule has 2 aromatic heterocycles. The van der Waals surface area contributed by atoms with Crippen molar-refractivity contribution in [2.45, 2.75) is 13.0 Å². The van der Waals surface area contributed by atoms with Gasteiger partial charge in [0.05, 0.1) is 14.9 Å². The first-order valence-electron chi connectivity index (χ1n) is 5.66. The summed E-state index contributed by atoms with van der Waals surface area (Å²) in [6.07, 6.45) is 2.99. The number of halogens is 1. The van der Waals surface area contributed by atoms with E-state index in [-0.39, 0.29) is 0 Å². The third kappa shape index (κ3) is 3.07. The van der Waals surface area contributed by atoms with Crippen molar-refractivity contribution in [1.82, 2.24) is 15.1 Å². The van der Waals surface area contributed by atoms with Crippen LogP contribution in [-0.4, -0.2) is 26.8 Å². The monoisotopic (exact) mass is 357 g/mol. The third-order valence-corrected chi connectivity index (χ3v) is 4.80. The number of hydrogen-bond donors (Lipinski definition) is 2. The van der Waals surface area contributed by atoms with Gasteiger partial charge in [-0.15, -0.1) is 11.3 Å². The molecule has 8 heteroatoms. The number of carboxylic acid groups (broad SMARTS) is 1. The largest absolute Gasteiger partial charge is 0.479 e. The normalized spacial score (nSPS) is 12.2. The summed E-state index contributed by atoms with van der Waals surface area (Å²) >= 11 is 4.60. The van der Waals surface area contributed by atoms with Crippen LogP contribution in [0.2, 0.25) is 0 Å². The van der Waals surface area contributed by atoms with Gasteiger partial charge < -0.3 is 10.4 Å². The Hall–Kier alpha value is -1.67. The topological polar surface area (TPSA) is 84.2 Å². The summed E-state index contributed by atoms with van der Waals surface area (Å²) < 4.78 is 2.35. The van der Waals surface area contributed by atoms with Gasteiger partial charge in [-0.05, 0) is 34.5 Å². The first kappa shape index (κ1) is 14.7. The number of aromatic nitrogens is 2. The van der Waals surface area contributed by atoms with Gasteiger partial charge in [0, 0.05) is 18.8 Å². The zero-order chi connectivity index (χ0) is 14.9. The Morgan fingerprint density at radius 1 is 1.55 bits per heavy atom. The molecule has 0 spiro atoms. The predicted molar refractivity (Wildman–Crippen MR) is 77.8 cm³/mol. The summed E-state index contributed by atoms with van der Waals surface area (Å²) in [6, 6.07) is 0.601. The molecule has 0 fully saturated rings. The van der Waals surface area contributed by atoms with Gasteiger partial charge in [-0.25, -0.2) is 4.79 Å². The van der Waals surface area contributed by atoms with Gasteiger partial charge in [0.25, 0.3) is 5.91 Å². The summed E-state index contributed by atoms with van der Waals surface area (Å²) in [5, 5.41) is 15.6. The number of amides is 1. The first-order chi connectivity index (χ1) is 9.38. The maximum atomic E-state index is 12.1. The molecule has 2 rings (SSSR count). The average molecular weight is 358 g/mol. The maximum absolute atomic E-state index is 12.1. The van der Waals surface area contributed by atoms with E-state index in [9.17, 15) is 14.7 Å². The Kier molecular flexibility index (Phi) is 4.24. The smallest absolute Gasteiger partial charge is 0.331 e. The number of carbonyl (C=O) groups excluding carboxylic acids is 1. The van der Waals surface area contributed by atoms with Gasteiger partial charge in [-0.3, -0.25) is 9.48 Å². The van der Waals surface area contributed by atoms with Crippen LogP contribution in [0.3, 0.4) is 0 Å². The van der Waals surface area contributed by atoms with Crippen LogP contribution in [0.1, 0.15) is 26.8 Å². The molecular weight excluding hydrogens is 346 g/mol. The molecule has 0 aliphatic heterocycles. The number of thiophene rings is 1. The lowest BCUT2D eigenvalue weighted by atomic mass is 10.1. The van der Waals surface area contributed by atoms with Crippen molar-refractivity contribution in [3.8, 4) is 0 Å². The number of carbonyl (C=O) groups is 2. The summed E-state index contributed by atoms with van der Waals surface area (Å²) in [5.41, 5.74) is 1.37. The van der Waals surface area contributed by atoms with E-state index in [0.717, 1.165) is 9.35 Å². The number of aryl methyl sites for hydroxylation is 2. The lowest BCUT2D eigenvalue weighted by molar-refractivity contribution is -0.139. The summed E-state index contributed by atoms with van der Waals surface area (Å²) in [6.45, 7) is 1.87. The second-order valence-electron chi connectivity index (χ2n) is 4.26. The van der Waals surface area contributed by atoms with Gasteiger partial charge in [-0.1, -0.05) is 0 Å². The van der Waals surface area contributed by atoms with E-state index in [2.05, 4.69) is 26.3 Å².